The minimum atomic E-state index is -0.274. The minimum Gasteiger partial charge on any atom is -0.393 e. The largest absolute Gasteiger partial charge is 0.393 e. The van der Waals surface area contributed by atoms with Crippen molar-refractivity contribution < 1.29 is 5.11 Å². The van der Waals surface area contributed by atoms with E-state index in [9.17, 15) is 15.2 Å². The standard InChI is InChI=1S/C30H32N4O2/c1-3-6-28-27(18-21-9-14-25(20(2)17-21)26-8-5-4-7-22(26)19-31)30(36)33(29-15-16-32-34(28)29)23-10-12-24(35)13-11-23/h4-5,7-9,14-17,23-24,35H,3,6,10-13,18H2,1-2H3. The second kappa shape index (κ2) is 10.1. The van der Waals surface area contributed by atoms with E-state index in [1.807, 2.05) is 39.4 Å². The van der Waals surface area contributed by atoms with Crippen molar-refractivity contribution in [3.8, 4) is 17.2 Å². The number of nitriles is 1. The molecule has 2 aromatic heterocycles. The first-order chi connectivity index (χ1) is 17.5. The lowest BCUT2D eigenvalue weighted by molar-refractivity contribution is 0.110. The topological polar surface area (TPSA) is 83.3 Å². The Morgan fingerprint density at radius 2 is 1.86 bits per heavy atom. The number of aryl methyl sites for hydroxylation is 2. The number of hydrogen-bond donors (Lipinski definition) is 1. The summed E-state index contributed by atoms with van der Waals surface area (Å²) in [6.07, 6.45) is 6.75. The van der Waals surface area contributed by atoms with Crippen LogP contribution in [0.25, 0.3) is 16.8 Å². The molecule has 2 heterocycles. The fraction of sp³-hybridized carbons (Fsp3) is 0.367. The van der Waals surface area contributed by atoms with Gasteiger partial charge in [0.15, 0.2) is 0 Å². The van der Waals surface area contributed by atoms with Crippen LogP contribution in [0.15, 0.2) is 59.5 Å². The van der Waals surface area contributed by atoms with Crippen LogP contribution in [0.5, 0.6) is 0 Å². The van der Waals surface area contributed by atoms with E-state index in [1.165, 1.54) is 0 Å². The number of aliphatic hydroxyl groups is 1. The van der Waals surface area contributed by atoms with Gasteiger partial charge in [0.05, 0.1) is 29.6 Å². The summed E-state index contributed by atoms with van der Waals surface area (Å²) in [7, 11) is 0. The van der Waals surface area contributed by atoms with Crippen molar-refractivity contribution in [3.05, 3.63) is 93.0 Å². The minimum absolute atomic E-state index is 0.0596. The Morgan fingerprint density at radius 3 is 2.58 bits per heavy atom. The highest BCUT2D eigenvalue weighted by molar-refractivity contribution is 5.73. The van der Waals surface area contributed by atoms with Crippen molar-refractivity contribution in [3.63, 3.8) is 0 Å². The maximum Gasteiger partial charge on any atom is 0.257 e. The zero-order valence-electron chi connectivity index (χ0n) is 20.9. The molecule has 184 valence electrons. The Hall–Kier alpha value is -3.69. The summed E-state index contributed by atoms with van der Waals surface area (Å²) in [6.45, 7) is 4.18. The highest BCUT2D eigenvalue weighted by Gasteiger charge is 2.26. The third-order valence-corrected chi connectivity index (χ3v) is 7.48. The average Bonchev–Trinajstić information content (AvgIpc) is 3.37. The summed E-state index contributed by atoms with van der Waals surface area (Å²) >= 11 is 0. The van der Waals surface area contributed by atoms with Gasteiger partial charge in [-0.3, -0.25) is 9.36 Å². The zero-order valence-corrected chi connectivity index (χ0v) is 20.9. The molecule has 0 spiro atoms. The molecular formula is C30H32N4O2. The van der Waals surface area contributed by atoms with Gasteiger partial charge in [-0.1, -0.05) is 49.7 Å². The van der Waals surface area contributed by atoms with Crippen LogP contribution in [0, 0.1) is 18.3 Å². The molecule has 5 rings (SSSR count). The Bertz CT molecular complexity index is 1500. The summed E-state index contributed by atoms with van der Waals surface area (Å²) in [5.74, 6) is 0. The van der Waals surface area contributed by atoms with Crippen molar-refractivity contribution in [1.82, 2.24) is 14.2 Å². The number of nitrogens with zero attached hydrogens (tertiary/aromatic N) is 4. The lowest BCUT2D eigenvalue weighted by atomic mass is 9.92. The lowest BCUT2D eigenvalue weighted by Gasteiger charge is -2.29. The molecule has 6 nitrogen and oxygen atoms in total. The van der Waals surface area contributed by atoms with E-state index in [1.54, 1.807) is 6.20 Å². The van der Waals surface area contributed by atoms with Crippen LogP contribution in [0.1, 0.15) is 73.0 Å². The van der Waals surface area contributed by atoms with Gasteiger partial charge < -0.3 is 5.11 Å². The maximum absolute atomic E-state index is 14.0. The van der Waals surface area contributed by atoms with Crippen LogP contribution >= 0.6 is 0 Å². The van der Waals surface area contributed by atoms with Crippen molar-refractivity contribution in [2.24, 2.45) is 0 Å². The van der Waals surface area contributed by atoms with Crippen LogP contribution in [-0.4, -0.2) is 25.4 Å². The molecule has 1 fully saturated rings. The van der Waals surface area contributed by atoms with Crippen molar-refractivity contribution in [2.75, 3.05) is 0 Å². The Balaban J connectivity index is 1.59. The molecule has 1 aliphatic rings. The highest BCUT2D eigenvalue weighted by Crippen LogP contribution is 2.31. The monoisotopic (exact) mass is 480 g/mol. The number of aliphatic hydroxyl groups excluding tert-OH is 1. The van der Waals surface area contributed by atoms with Crippen molar-refractivity contribution in [1.29, 1.82) is 5.26 Å². The van der Waals surface area contributed by atoms with Crippen molar-refractivity contribution in [2.45, 2.75) is 70.9 Å². The molecule has 1 N–H and O–H groups in total. The van der Waals surface area contributed by atoms with Gasteiger partial charge in [-0.05, 0) is 67.3 Å². The molecule has 6 heteroatoms. The second-order valence-corrected chi connectivity index (χ2v) is 9.90. The molecular weight excluding hydrogens is 448 g/mol. The normalized spacial score (nSPS) is 17.8. The quantitative estimate of drug-likeness (QED) is 0.403. The van der Waals surface area contributed by atoms with Gasteiger partial charge in [0.1, 0.15) is 5.65 Å². The molecule has 0 amide bonds. The van der Waals surface area contributed by atoms with Gasteiger partial charge in [0, 0.05) is 24.1 Å². The predicted molar refractivity (Wildman–Crippen MR) is 141 cm³/mol. The Kier molecular flexibility index (Phi) is 6.75. The van der Waals surface area contributed by atoms with Crippen LogP contribution in [0.2, 0.25) is 0 Å². The molecule has 2 aromatic carbocycles. The third kappa shape index (κ3) is 4.36. The van der Waals surface area contributed by atoms with E-state index in [4.69, 9.17) is 0 Å². The molecule has 4 aromatic rings. The highest BCUT2D eigenvalue weighted by atomic mass is 16.3. The lowest BCUT2D eigenvalue weighted by Crippen LogP contribution is -2.34. The number of rotatable bonds is 6. The predicted octanol–water partition coefficient (Wildman–Crippen LogP) is 5.36. The summed E-state index contributed by atoms with van der Waals surface area (Å²) in [6, 6.07) is 18.2. The van der Waals surface area contributed by atoms with Crippen LogP contribution in [-0.2, 0) is 12.8 Å². The van der Waals surface area contributed by atoms with E-state index in [0.29, 0.717) is 24.8 Å². The van der Waals surface area contributed by atoms with E-state index in [-0.39, 0.29) is 17.7 Å². The number of hydrogen-bond acceptors (Lipinski definition) is 4. The van der Waals surface area contributed by atoms with Gasteiger partial charge in [0.25, 0.3) is 5.56 Å². The number of aromatic nitrogens is 3. The summed E-state index contributed by atoms with van der Waals surface area (Å²) in [4.78, 5) is 14.0. The average molecular weight is 481 g/mol. The first-order valence-electron chi connectivity index (χ1n) is 12.9. The molecule has 0 bridgehead atoms. The fourth-order valence-corrected chi connectivity index (χ4v) is 5.69. The molecule has 36 heavy (non-hydrogen) atoms. The van der Waals surface area contributed by atoms with E-state index >= 15 is 0 Å². The molecule has 1 saturated carbocycles. The number of fused-ring (bicyclic) bond motifs is 1. The van der Waals surface area contributed by atoms with Gasteiger partial charge >= 0.3 is 0 Å². The SMILES string of the molecule is CCCc1c(Cc2ccc(-c3ccccc3C#N)c(C)c2)c(=O)n(C2CCC(O)CC2)c2ccnn12. The molecule has 1 aliphatic carbocycles. The summed E-state index contributed by atoms with van der Waals surface area (Å²) < 4.78 is 3.88. The van der Waals surface area contributed by atoms with Gasteiger partial charge in [0.2, 0.25) is 0 Å². The summed E-state index contributed by atoms with van der Waals surface area (Å²) in [5, 5.41) is 24.2. The van der Waals surface area contributed by atoms with Crippen molar-refractivity contribution >= 4 is 5.65 Å². The Morgan fingerprint density at radius 1 is 1.08 bits per heavy atom. The van der Waals surface area contributed by atoms with E-state index < -0.39 is 0 Å². The third-order valence-electron chi connectivity index (χ3n) is 7.48. The van der Waals surface area contributed by atoms with Crippen LogP contribution in [0.3, 0.4) is 0 Å². The van der Waals surface area contributed by atoms with Gasteiger partial charge in [-0.2, -0.15) is 10.4 Å². The molecule has 0 unspecified atom stereocenters. The molecule has 0 saturated heterocycles. The van der Waals surface area contributed by atoms with E-state index in [2.05, 4.69) is 43.2 Å². The molecule has 0 aliphatic heterocycles. The Labute approximate surface area is 211 Å². The van der Waals surface area contributed by atoms with Crippen LogP contribution < -0.4 is 5.56 Å². The zero-order chi connectivity index (χ0) is 25.2. The van der Waals surface area contributed by atoms with Gasteiger partial charge in [-0.15, -0.1) is 0 Å². The molecule has 0 atom stereocenters. The summed E-state index contributed by atoms with van der Waals surface area (Å²) in [5.41, 5.74) is 7.43. The number of benzene rings is 2. The first kappa shape index (κ1) is 24.0. The van der Waals surface area contributed by atoms with Gasteiger partial charge in [-0.25, -0.2) is 4.52 Å². The first-order valence-corrected chi connectivity index (χ1v) is 12.9. The smallest absolute Gasteiger partial charge is 0.257 e. The van der Waals surface area contributed by atoms with Crippen LogP contribution in [0.4, 0.5) is 0 Å². The van der Waals surface area contributed by atoms with E-state index in [0.717, 1.165) is 64.8 Å². The maximum atomic E-state index is 14.0. The molecule has 0 radical (unpaired) electrons. The second-order valence-electron chi connectivity index (χ2n) is 9.90. The fourth-order valence-electron chi connectivity index (χ4n) is 5.69.